The van der Waals surface area contributed by atoms with Crippen LogP contribution in [0.5, 0.6) is 0 Å². The van der Waals surface area contributed by atoms with Gasteiger partial charge in [0.15, 0.2) is 6.29 Å². The second-order valence-electron chi connectivity index (χ2n) is 16.5. The SMILES string of the molecule is CCCCCCCCCCCCCCC/C=C/C(O)C(COC1OC(CO)C(O)C(OS(=O)(=O)O)C1O)NC(=O)C(O)CCCCCCCCCCCCCCCC. The Hall–Kier alpha value is -1.20. The van der Waals surface area contributed by atoms with Gasteiger partial charge in [-0.2, -0.15) is 8.42 Å². The van der Waals surface area contributed by atoms with Gasteiger partial charge in [0.2, 0.25) is 5.91 Å². The molecule has 0 spiro atoms. The molecule has 1 rings (SSSR count). The molecule has 0 aliphatic carbocycles. The Bertz CT molecular complexity index is 1110. The predicted octanol–water partition coefficient (Wildman–Crippen LogP) is 7.75. The largest absolute Gasteiger partial charge is 0.397 e. The molecule has 1 saturated heterocycles. The number of carbonyl (C=O) groups is 1. The number of rotatable bonds is 39. The molecule has 1 heterocycles. The molecule has 1 fully saturated rings. The summed E-state index contributed by atoms with van der Waals surface area (Å²) in [6.45, 7) is 3.22. The van der Waals surface area contributed by atoms with E-state index in [2.05, 4.69) is 23.3 Å². The van der Waals surface area contributed by atoms with Crippen LogP contribution in [0.2, 0.25) is 0 Å². The van der Waals surface area contributed by atoms with Crippen molar-refractivity contribution in [3.05, 3.63) is 12.2 Å². The van der Waals surface area contributed by atoms with Gasteiger partial charge in [-0.3, -0.25) is 9.35 Å². The lowest BCUT2D eigenvalue weighted by molar-refractivity contribution is -0.298. The van der Waals surface area contributed by atoms with E-state index in [4.69, 9.17) is 9.47 Å². The molecule has 14 heteroatoms. The third kappa shape index (κ3) is 27.6. The van der Waals surface area contributed by atoms with E-state index in [0.29, 0.717) is 12.8 Å². The average molecular weight is 852 g/mol. The lowest BCUT2D eigenvalue weighted by atomic mass is 9.99. The number of ether oxygens (including phenoxy) is 2. The first-order valence-electron chi connectivity index (χ1n) is 23.2. The lowest BCUT2D eigenvalue weighted by Crippen LogP contribution is -2.61. The number of aliphatic hydroxyl groups excluding tert-OH is 5. The number of amides is 1. The predicted molar refractivity (Wildman–Crippen MR) is 228 cm³/mol. The molecular formula is C44H85NO12S. The summed E-state index contributed by atoms with van der Waals surface area (Å²) in [5.74, 6) is -0.700. The fourth-order valence-electron chi connectivity index (χ4n) is 7.46. The molecule has 58 heavy (non-hydrogen) atoms. The number of aliphatic hydroxyl groups is 5. The molecule has 1 amide bonds. The van der Waals surface area contributed by atoms with Crippen LogP contribution in [-0.4, -0.2) is 107 Å². The Balaban J connectivity index is 2.60. The van der Waals surface area contributed by atoms with Crippen molar-refractivity contribution in [3.63, 3.8) is 0 Å². The van der Waals surface area contributed by atoms with Gasteiger partial charge in [-0.15, -0.1) is 0 Å². The van der Waals surface area contributed by atoms with Gasteiger partial charge in [-0.05, 0) is 19.3 Å². The van der Waals surface area contributed by atoms with Gasteiger partial charge in [0, 0.05) is 0 Å². The Labute approximate surface area is 352 Å². The zero-order valence-corrected chi connectivity index (χ0v) is 37.1. The third-order valence-electron chi connectivity index (χ3n) is 11.2. The van der Waals surface area contributed by atoms with Gasteiger partial charge in [-0.1, -0.05) is 193 Å². The molecule has 7 N–H and O–H groups in total. The molecule has 1 aliphatic heterocycles. The third-order valence-corrected chi connectivity index (χ3v) is 11.6. The molecule has 13 nitrogen and oxygen atoms in total. The van der Waals surface area contributed by atoms with E-state index in [-0.39, 0.29) is 6.42 Å². The van der Waals surface area contributed by atoms with E-state index in [9.17, 15) is 43.3 Å². The van der Waals surface area contributed by atoms with Gasteiger partial charge < -0.3 is 40.3 Å². The average Bonchev–Trinajstić information content (AvgIpc) is 3.19. The quantitative estimate of drug-likeness (QED) is 0.0180. The molecule has 0 aromatic carbocycles. The smallest absolute Gasteiger partial charge is 0.394 e. The zero-order chi connectivity index (χ0) is 42.9. The molecule has 1 aliphatic rings. The van der Waals surface area contributed by atoms with Crippen molar-refractivity contribution >= 4 is 16.3 Å². The van der Waals surface area contributed by atoms with Crippen LogP contribution >= 0.6 is 0 Å². The molecule has 8 atom stereocenters. The Morgan fingerprint density at radius 3 is 1.55 bits per heavy atom. The monoisotopic (exact) mass is 852 g/mol. The summed E-state index contributed by atoms with van der Waals surface area (Å²) in [7, 11) is -5.11. The minimum atomic E-state index is -5.11. The second kappa shape index (κ2) is 35.4. The first-order chi connectivity index (χ1) is 27.9. The maximum Gasteiger partial charge on any atom is 0.397 e. The fraction of sp³-hybridized carbons (Fsp3) is 0.932. The maximum atomic E-state index is 13.1. The van der Waals surface area contributed by atoms with Gasteiger partial charge in [0.25, 0.3) is 0 Å². The summed E-state index contributed by atoms with van der Waals surface area (Å²) >= 11 is 0. The van der Waals surface area contributed by atoms with Crippen molar-refractivity contribution in [2.24, 2.45) is 0 Å². The van der Waals surface area contributed by atoms with Crippen LogP contribution in [0.3, 0.4) is 0 Å². The summed E-state index contributed by atoms with van der Waals surface area (Å²) in [5.41, 5.74) is 0. The Morgan fingerprint density at radius 2 is 1.12 bits per heavy atom. The van der Waals surface area contributed by atoms with Crippen LogP contribution in [0.15, 0.2) is 12.2 Å². The van der Waals surface area contributed by atoms with Crippen molar-refractivity contribution in [1.29, 1.82) is 0 Å². The number of hydrogen-bond acceptors (Lipinski definition) is 11. The van der Waals surface area contributed by atoms with Crippen LogP contribution in [-0.2, 0) is 28.9 Å². The van der Waals surface area contributed by atoms with Crippen LogP contribution in [0.4, 0.5) is 0 Å². The molecule has 0 aromatic rings. The second-order valence-corrected chi connectivity index (χ2v) is 17.5. The summed E-state index contributed by atoms with van der Waals surface area (Å²) < 4.78 is 47.5. The van der Waals surface area contributed by atoms with Crippen molar-refractivity contribution in [1.82, 2.24) is 5.32 Å². The van der Waals surface area contributed by atoms with E-state index in [1.165, 1.54) is 134 Å². The number of unbranched alkanes of at least 4 members (excludes halogenated alkanes) is 26. The van der Waals surface area contributed by atoms with Crippen molar-refractivity contribution in [2.75, 3.05) is 13.2 Å². The molecule has 8 unspecified atom stereocenters. The van der Waals surface area contributed by atoms with E-state index in [1.807, 2.05) is 6.08 Å². The molecule has 344 valence electrons. The van der Waals surface area contributed by atoms with E-state index in [1.54, 1.807) is 0 Å². The van der Waals surface area contributed by atoms with E-state index < -0.39 is 78.5 Å². The highest BCUT2D eigenvalue weighted by Crippen LogP contribution is 2.26. The number of nitrogens with one attached hydrogen (secondary N) is 1. The fourth-order valence-corrected chi connectivity index (χ4v) is 7.97. The highest BCUT2D eigenvalue weighted by Gasteiger charge is 2.48. The Morgan fingerprint density at radius 1 is 0.690 bits per heavy atom. The van der Waals surface area contributed by atoms with Crippen molar-refractivity contribution < 1.29 is 57.0 Å². The lowest BCUT2D eigenvalue weighted by Gasteiger charge is -2.41. The molecular weight excluding hydrogens is 767 g/mol. The summed E-state index contributed by atoms with van der Waals surface area (Å²) in [6, 6.07) is -1.11. The standard InChI is InChI=1S/C44H85NO12S/c1-3-5-7-9-11-13-15-17-19-21-22-24-26-28-30-32-37(47)36(35-55-44-41(50)42(57-58(52,53)54)40(49)39(34-46)56-44)45-43(51)38(48)33-31-29-27-25-23-20-18-16-14-12-10-8-6-4-2/h30,32,36-42,44,46-50H,3-29,31,33-35H2,1-2H3,(H,45,51)(H,52,53,54)/b32-30+. The molecule has 0 saturated carbocycles. The molecule has 0 aromatic heterocycles. The number of carbonyl (C=O) groups excluding carboxylic acids is 1. The summed E-state index contributed by atoms with van der Waals surface area (Å²) in [4.78, 5) is 13.1. The van der Waals surface area contributed by atoms with E-state index in [0.717, 1.165) is 38.5 Å². The zero-order valence-electron chi connectivity index (χ0n) is 36.2. The van der Waals surface area contributed by atoms with Crippen molar-refractivity contribution in [2.45, 2.75) is 249 Å². The molecule has 0 radical (unpaired) electrons. The topological polar surface area (TPSA) is 212 Å². The van der Waals surface area contributed by atoms with Gasteiger partial charge in [0.1, 0.15) is 30.5 Å². The van der Waals surface area contributed by atoms with Crippen LogP contribution < -0.4 is 5.32 Å². The normalized spacial score (nSPS) is 21.7. The first-order valence-corrected chi connectivity index (χ1v) is 24.5. The summed E-state index contributed by atoms with van der Waals surface area (Å²) in [5, 5.41) is 55.2. The van der Waals surface area contributed by atoms with Crippen LogP contribution in [0.25, 0.3) is 0 Å². The number of allylic oxidation sites excluding steroid dienone is 1. The van der Waals surface area contributed by atoms with Crippen molar-refractivity contribution in [3.8, 4) is 0 Å². The minimum Gasteiger partial charge on any atom is -0.394 e. The number of hydrogen-bond donors (Lipinski definition) is 7. The Kier molecular flexibility index (Phi) is 33.5. The highest BCUT2D eigenvalue weighted by molar-refractivity contribution is 7.80. The van der Waals surface area contributed by atoms with Gasteiger partial charge in [-0.25, -0.2) is 4.18 Å². The summed E-state index contributed by atoms with van der Waals surface area (Å²) in [6.07, 6.45) is 25.7. The van der Waals surface area contributed by atoms with E-state index >= 15 is 0 Å². The maximum absolute atomic E-state index is 13.1. The van der Waals surface area contributed by atoms with Crippen LogP contribution in [0.1, 0.15) is 200 Å². The van der Waals surface area contributed by atoms with Crippen LogP contribution in [0, 0.1) is 0 Å². The van der Waals surface area contributed by atoms with Gasteiger partial charge in [0.05, 0.1) is 25.4 Å². The highest BCUT2D eigenvalue weighted by atomic mass is 32.3. The van der Waals surface area contributed by atoms with Gasteiger partial charge >= 0.3 is 10.4 Å². The molecule has 0 bridgehead atoms. The first kappa shape index (κ1) is 54.8. The minimum absolute atomic E-state index is 0.248.